The normalized spacial score (nSPS) is 27.8. The molecular formula is C23H27N5O2. The second-order valence-corrected chi connectivity index (χ2v) is 9.52. The number of benzene rings is 1. The Morgan fingerprint density at radius 3 is 2.47 bits per heavy atom. The molecule has 7 heteroatoms. The number of fused-ring (bicyclic) bond motifs is 2. The molecule has 0 unspecified atom stereocenters. The zero-order valence-corrected chi connectivity index (χ0v) is 17.4. The molecule has 7 nitrogen and oxygen atoms in total. The fourth-order valence-electron chi connectivity index (χ4n) is 5.53. The average Bonchev–Trinajstić information content (AvgIpc) is 3.34. The monoisotopic (exact) mass is 405 g/mol. The highest BCUT2D eigenvalue weighted by atomic mass is 16.6. The Morgan fingerprint density at radius 2 is 1.83 bits per heavy atom. The Bertz CT molecular complexity index is 1020. The Hall–Kier alpha value is -2.93. The molecule has 3 N–H and O–H groups in total. The van der Waals surface area contributed by atoms with Gasteiger partial charge in [0.05, 0.1) is 11.9 Å². The van der Waals surface area contributed by atoms with Gasteiger partial charge in [-0.15, -0.1) is 10.2 Å². The molecule has 156 valence electrons. The number of aromatic amines is 1. The maximum atomic E-state index is 6.24. The lowest BCUT2D eigenvalue weighted by molar-refractivity contribution is 0.0401. The summed E-state index contributed by atoms with van der Waals surface area (Å²) in [4.78, 5) is 5.11. The first-order valence-corrected chi connectivity index (χ1v) is 10.5. The largest absolute Gasteiger partial charge is 0.473 e. The average molecular weight is 406 g/mol. The van der Waals surface area contributed by atoms with E-state index in [1.165, 1.54) is 19.3 Å². The number of rotatable bonds is 5. The maximum Gasteiger partial charge on any atom is 0.233 e. The zero-order valence-electron chi connectivity index (χ0n) is 17.4. The van der Waals surface area contributed by atoms with Gasteiger partial charge in [0.25, 0.3) is 0 Å². The number of hydrogen-bond donors (Lipinski definition) is 2. The molecule has 0 aliphatic heterocycles. The van der Waals surface area contributed by atoms with E-state index < -0.39 is 0 Å². The van der Waals surface area contributed by atoms with E-state index in [1.54, 1.807) is 6.20 Å². The van der Waals surface area contributed by atoms with E-state index in [-0.39, 0.29) is 6.10 Å². The van der Waals surface area contributed by atoms with E-state index in [4.69, 9.17) is 15.5 Å². The molecule has 3 atom stereocenters. The van der Waals surface area contributed by atoms with E-state index >= 15 is 0 Å². The summed E-state index contributed by atoms with van der Waals surface area (Å²) in [5.41, 5.74) is 4.17. The lowest BCUT2D eigenvalue weighted by Crippen LogP contribution is -2.36. The Morgan fingerprint density at radius 1 is 1.03 bits per heavy atom. The third-order valence-corrected chi connectivity index (χ3v) is 6.77. The van der Waals surface area contributed by atoms with Crippen LogP contribution in [0.1, 0.15) is 46.0 Å². The third-order valence-electron chi connectivity index (χ3n) is 6.77. The molecule has 1 aromatic carbocycles. The fraction of sp³-hybridized carbons (Fsp3) is 0.435. The lowest BCUT2D eigenvalue weighted by atomic mass is 9.69. The van der Waals surface area contributed by atoms with E-state index in [0.717, 1.165) is 29.5 Å². The number of H-pyrrole nitrogens is 1. The minimum absolute atomic E-state index is 0.202. The van der Waals surface area contributed by atoms with Gasteiger partial charge in [-0.2, -0.15) is 11.0 Å². The van der Waals surface area contributed by atoms with E-state index in [2.05, 4.69) is 34.2 Å². The zero-order chi connectivity index (χ0) is 20.8. The highest BCUT2D eigenvalue weighted by Crippen LogP contribution is 2.58. The van der Waals surface area contributed by atoms with Crippen LogP contribution in [0.3, 0.4) is 0 Å². The molecule has 2 bridgehead atoms. The number of nitrogens with two attached hydrogens (primary N) is 1. The van der Waals surface area contributed by atoms with Crippen LogP contribution in [0, 0.1) is 10.8 Å². The molecule has 0 spiro atoms. The van der Waals surface area contributed by atoms with E-state index in [0.29, 0.717) is 28.2 Å². The molecule has 2 aliphatic rings. The lowest BCUT2D eigenvalue weighted by Gasteiger charge is -2.39. The van der Waals surface area contributed by atoms with Crippen LogP contribution in [0.25, 0.3) is 22.4 Å². The van der Waals surface area contributed by atoms with Gasteiger partial charge in [-0.25, -0.2) is 0 Å². The summed E-state index contributed by atoms with van der Waals surface area (Å²) in [7, 11) is 0. The van der Waals surface area contributed by atoms with Crippen molar-refractivity contribution in [3.8, 4) is 34.0 Å². The Labute approximate surface area is 176 Å². The van der Waals surface area contributed by atoms with Crippen molar-refractivity contribution in [3.63, 3.8) is 0 Å². The molecular weight excluding hydrogens is 378 g/mol. The smallest absolute Gasteiger partial charge is 0.233 e. The van der Waals surface area contributed by atoms with Crippen LogP contribution < -0.4 is 15.5 Å². The van der Waals surface area contributed by atoms with Crippen molar-refractivity contribution in [2.45, 2.75) is 52.1 Å². The summed E-state index contributed by atoms with van der Waals surface area (Å²) in [6, 6.07) is 9.56. The second kappa shape index (κ2) is 7.09. The van der Waals surface area contributed by atoms with Crippen molar-refractivity contribution in [2.24, 2.45) is 16.7 Å². The Kier molecular flexibility index (Phi) is 4.50. The Balaban J connectivity index is 1.34. The summed E-state index contributed by atoms with van der Waals surface area (Å²) in [6.07, 6.45) is 9.85. The highest BCUT2D eigenvalue weighted by molar-refractivity contribution is 5.74. The van der Waals surface area contributed by atoms with Crippen molar-refractivity contribution in [2.75, 3.05) is 0 Å². The minimum atomic E-state index is 0.202. The maximum absolute atomic E-state index is 6.24. The summed E-state index contributed by atoms with van der Waals surface area (Å²) >= 11 is 0. The van der Waals surface area contributed by atoms with Gasteiger partial charge in [0, 0.05) is 23.4 Å². The molecule has 2 saturated carbocycles. The fourth-order valence-corrected chi connectivity index (χ4v) is 5.53. The van der Waals surface area contributed by atoms with Crippen LogP contribution in [0.5, 0.6) is 11.6 Å². The van der Waals surface area contributed by atoms with Gasteiger partial charge in [0.15, 0.2) is 5.75 Å². The molecule has 3 aromatic rings. The van der Waals surface area contributed by atoms with Gasteiger partial charge in [0.1, 0.15) is 6.10 Å². The number of aromatic nitrogens is 4. The molecule has 0 amide bonds. The number of nitrogens with one attached hydrogen (secondary N) is 1. The SMILES string of the molecule is C[C@]12CC[C@](C)(C[C@@H](Oc3ccc(-c4ccc(-c5cn[nH]c5)cc4ON)nn3)C1)C2. The van der Waals surface area contributed by atoms with Gasteiger partial charge >= 0.3 is 0 Å². The summed E-state index contributed by atoms with van der Waals surface area (Å²) < 4.78 is 6.24. The summed E-state index contributed by atoms with van der Waals surface area (Å²) in [5, 5.41) is 15.5. The first kappa shape index (κ1) is 19.1. The van der Waals surface area contributed by atoms with Gasteiger partial charge in [-0.05, 0) is 66.7 Å². The summed E-state index contributed by atoms with van der Waals surface area (Å²) in [5.74, 6) is 6.63. The molecule has 5 rings (SSSR count). The quantitative estimate of drug-likeness (QED) is 0.605. The molecule has 2 aliphatic carbocycles. The van der Waals surface area contributed by atoms with Crippen LogP contribution in [0.4, 0.5) is 0 Å². The summed E-state index contributed by atoms with van der Waals surface area (Å²) in [6.45, 7) is 4.79. The van der Waals surface area contributed by atoms with Crippen LogP contribution >= 0.6 is 0 Å². The van der Waals surface area contributed by atoms with Crippen LogP contribution in [0.15, 0.2) is 42.7 Å². The van der Waals surface area contributed by atoms with Gasteiger partial charge < -0.3 is 9.57 Å². The van der Waals surface area contributed by atoms with Crippen LogP contribution in [-0.4, -0.2) is 26.5 Å². The minimum Gasteiger partial charge on any atom is -0.473 e. The van der Waals surface area contributed by atoms with Crippen LogP contribution in [0.2, 0.25) is 0 Å². The van der Waals surface area contributed by atoms with Gasteiger partial charge in [-0.1, -0.05) is 19.9 Å². The van der Waals surface area contributed by atoms with Gasteiger partial charge in [-0.3, -0.25) is 5.10 Å². The van der Waals surface area contributed by atoms with Crippen molar-refractivity contribution >= 4 is 0 Å². The molecule has 2 fully saturated rings. The molecule has 2 aromatic heterocycles. The molecule has 0 radical (unpaired) electrons. The number of nitrogens with zero attached hydrogens (tertiary/aromatic N) is 3. The standard InChI is InChI=1S/C23H27N5O2/c1-22-7-8-23(2,14-22)11-17(10-22)29-21-6-5-19(27-28-21)18-4-3-15(9-20(18)30-24)16-12-25-26-13-16/h3-6,9,12-13,17H,7-8,10-11,14,24H2,1-2H3,(H,25,26)/t17-,22-,23+. The highest BCUT2D eigenvalue weighted by Gasteiger charge is 2.49. The third kappa shape index (κ3) is 3.54. The van der Waals surface area contributed by atoms with Crippen molar-refractivity contribution in [1.82, 2.24) is 20.4 Å². The van der Waals surface area contributed by atoms with Crippen LogP contribution in [-0.2, 0) is 0 Å². The molecule has 30 heavy (non-hydrogen) atoms. The number of ether oxygens (including phenoxy) is 1. The van der Waals surface area contributed by atoms with Crippen molar-refractivity contribution < 1.29 is 9.57 Å². The second-order valence-electron chi connectivity index (χ2n) is 9.52. The molecule has 2 heterocycles. The van der Waals surface area contributed by atoms with Gasteiger partial charge in [0.2, 0.25) is 5.88 Å². The van der Waals surface area contributed by atoms with E-state index in [1.807, 2.05) is 36.5 Å². The first-order chi connectivity index (χ1) is 14.5. The van der Waals surface area contributed by atoms with E-state index in [9.17, 15) is 0 Å². The predicted octanol–water partition coefficient (Wildman–Crippen LogP) is 4.52. The van der Waals surface area contributed by atoms with Crippen molar-refractivity contribution in [3.05, 3.63) is 42.7 Å². The van der Waals surface area contributed by atoms with Crippen molar-refractivity contribution in [1.29, 1.82) is 0 Å². The topological polar surface area (TPSA) is 98.9 Å². The first-order valence-electron chi connectivity index (χ1n) is 10.5. The number of hydrogen-bond acceptors (Lipinski definition) is 6. The predicted molar refractivity (Wildman–Crippen MR) is 114 cm³/mol. The molecule has 0 saturated heterocycles.